The number of hydrazone groups is 1. The van der Waals surface area contributed by atoms with Crippen LogP contribution < -0.4 is 5.43 Å². The van der Waals surface area contributed by atoms with Gasteiger partial charge in [0.05, 0.1) is 0 Å². The molecule has 0 aromatic heterocycles. The molecule has 2 N–H and O–H groups in total. The maximum Gasteiger partial charge on any atom is 0.167 e. The van der Waals surface area contributed by atoms with Crippen molar-refractivity contribution >= 4 is 11.5 Å². The summed E-state index contributed by atoms with van der Waals surface area (Å²) < 4.78 is 0. The van der Waals surface area contributed by atoms with Crippen molar-refractivity contribution in [1.29, 1.82) is 0 Å². The Morgan fingerprint density at radius 2 is 2.27 bits per heavy atom. The number of hydrogen-bond donors (Lipinski definition) is 2. The highest BCUT2D eigenvalue weighted by molar-refractivity contribution is 5.97. The van der Waals surface area contributed by atoms with Gasteiger partial charge in [-0.05, 0) is 13.3 Å². The van der Waals surface area contributed by atoms with E-state index < -0.39 is 0 Å². The average molecular weight is 155 g/mol. The number of rotatable bonds is 0. The Morgan fingerprint density at radius 1 is 1.64 bits per heavy atom. The van der Waals surface area contributed by atoms with Crippen molar-refractivity contribution in [2.24, 2.45) is 15.7 Å². The van der Waals surface area contributed by atoms with Crippen LogP contribution in [0, 0.1) is 5.41 Å². The van der Waals surface area contributed by atoms with E-state index in [0.29, 0.717) is 5.84 Å². The molecule has 0 bridgehead atoms. The van der Waals surface area contributed by atoms with Crippen LogP contribution in [-0.2, 0) is 0 Å². The van der Waals surface area contributed by atoms with E-state index in [1.54, 1.807) is 0 Å². The minimum absolute atomic E-state index is 0.124. The maximum absolute atomic E-state index is 8.57. The Labute approximate surface area is 66.0 Å². The van der Waals surface area contributed by atoms with Crippen molar-refractivity contribution < 1.29 is 5.21 Å². The van der Waals surface area contributed by atoms with Crippen LogP contribution in [-0.4, -0.2) is 16.8 Å². The van der Waals surface area contributed by atoms with Crippen molar-refractivity contribution in [1.82, 2.24) is 5.43 Å². The SMILES string of the molecule is CC1=NN/C(=N\O)C(C)(C)C1. The molecule has 0 atom stereocenters. The van der Waals surface area contributed by atoms with Crippen LogP contribution in [0.4, 0.5) is 0 Å². The fourth-order valence-electron chi connectivity index (χ4n) is 1.22. The van der Waals surface area contributed by atoms with E-state index >= 15 is 0 Å². The molecule has 1 heterocycles. The number of hydrogen-bond acceptors (Lipinski definition) is 3. The third-order valence-corrected chi connectivity index (χ3v) is 1.79. The number of nitrogens with zero attached hydrogens (tertiary/aromatic N) is 2. The molecule has 0 aromatic rings. The van der Waals surface area contributed by atoms with Gasteiger partial charge in [-0.1, -0.05) is 19.0 Å². The van der Waals surface area contributed by atoms with Crippen molar-refractivity contribution in [3.8, 4) is 0 Å². The summed E-state index contributed by atoms with van der Waals surface area (Å²) in [7, 11) is 0. The largest absolute Gasteiger partial charge is 0.409 e. The Hall–Kier alpha value is -1.06. The molecule has 0 saturated carbocycles. The van der Waals surface area contributed by atoms with Crippen LogP contribution in [0.5, 0.6) is 0 Å². The monoisotopic (exact) mass is 155 g/mol. The van der Waals surface area contributed by atoms with Crippen LogP contribution >= 0.6 is 0 Å². The molecule has 4 nitrogen and oxygen atoms in total. The van der Waals surface area contributed by atoms with Crippen LogP contribution in [0.2, 0.25) is 0 Å². The molecule has 0 aromatic carbocycles. The third-order valence-electron chi connectivity index (χ3n) is 1.79. The Balaban J connectivity index is 2.89. The predicted octanol–water partition coefficient (Wildman–Crippen LogP) is 1.17. The van der Waals surface area contributed by atoms with Gasteiger partial charge in [-0.15, -0.1) is 0 Å². The van der Waals surface area contributed by atoms with Gasteiger partial charge in [0.15, 0.2) is 5.84 Å². The minimum Gasteiger partial charge on any atom is -0.409 e. The first kappa shape index (κ1) is 8.04. The smallest absolute Gasteiger partial charge is 0.167 e. The standard InChI is InChI=1S/C7H13N3O/c1-5-4-7(2,3)6(10-11)9-8-5/h11H,4H2,1-3H3,(H,9,10). The number of amidine groups is 1. The lowest BCUT2D eigenvalue weighted by Gasteiger charge is -2.28. The maximum atomic E-state index is 8.57. The molecular weight excluding hydrogens is 142 g/mol. The van der Waals surface area contributed by atoms with Gasteiger partial charge in [-0.3, -0.25) is 5.43 Å². The molecule has 1 aliphatic heterocycles. The number of oxime groups is 1. The van der Waals surface area contributed by atoms with Crippen molar-refractivity contribution in [3.63, 3.8) is 0 Å². The second-order valence-corrected chi connectivity index (χ2v) is 3.47. The van der Waals surface area contributed by atoms with Crippen LogP contribution in [0.3, 0.4) is 0 Å². The molecule has 62 valence electrons. The highest BCUT2D eigenvalue weighted by atomic mass is 16.4. The zero-order valence-electron chi connectivity index (χ0n) is 7.05. The van der Waals surface area contributed by atoms with Crippen LogP contribution in [0.1, 0.15) is 27.2 Å². The zero-order chi connectivity index (χ0) is 8.48. The summed E-state index contributed by atoms with van der Waals surface area (Å²) >= 11 is 0. The van der Waals surface area contributed by atoms with Crippen molar-refractivity contribution in [2.75, 3.05) is 0 Å². The molecule has 1 aliphatic rings. The summed E-state index contributed by atoms with van der Waals surface area (Å²) in [6.07, 6.45) is 0.833. The lowest BCUT2D eigenvalue weighted by atomic mass is 9.85. The fraction of sp³-hybridized carbons (Fsp3) is 0.714. The van der Waals surface area contributed by atoms with Gasteiger partial charge in [-0.2, -0.15) is 5.10 Å². The lowest BCUT2D eigenvalue weighted by Crippen LogP contribution is -2.40. The van der Waals surface area contributed by atoms with Gasteiger partial charge in [0.2, 0.25) is 0 Å². The molecule has 0 radical (unpaired) electrons. The molecule has 1 rings (SSSR count). The molecule has 0 unspecified atom stereocenters. The summed E-state index contributed by atoms with van der Waals surface area (Å²) in [6, 6.07) is 0. The predicted molar refractivity (Wildman–Crippen MR) is 43.9 cm³/mol. The molecule has 0 aliphatic carbocycles. The molecule has 11 heavy (non-hydrogen) atoms. The van der Waals surface area contributed by atoms with E-state index in [1.807, 2.05) is 20.8 Å². The number of nitrogens with one attached hydrogen (secondary N) is 1. The highest BCUT2D eigenvalue weighted by Gasteiger charge is 2.29. The van der Waals surface area contributed by atoms with E-state index in [2.05, 4.69) is 15.7 Å². The van der Waals surface area contributed by atoms with E-state index in [4.69, 9.17) is 5.21 Å². The molecule has 0 spiro atoms. The quantitative estimate of drug-likeness (QED) is 0.407. The molecule has 0 amide bonds. The summed E-state index contributed by atoms with van der Waals surface area (Å²) in [4.78, 5) is 0. The van der Waals surface area contributed by atoms with Gasteiger partial charge in [0.25, 0.3) is 0 Å². The average Bonchev–Trinajstić information content (AvgIpc) is 1.85. The Bertz CT molecular complexity index is 218. The second kappa shape index (κ2) is 2.53. The second-order valence-electron chi connectivity index (χ2n) is 3.47. The van der Waals surface area contributed by atoms with Crippen LogP contribution in [0.15, 0.2) is 10.3 Å². The van der Waals surface area contributed by atoms with E-state index in [1.165, 1.54) is 0 Å². The first-order valence-corrected chi connectivity index (χ1v) is 3.58. The van der Waals surface area contributed by atoms with E-state index in [-0.39, 0.29) is 5.41 Å². The molecule has 0 fully saturated rings. The topological polar surface area (TPSA) is 57.0 Å². The molecular formula is C7H13N3O. The Morgan fingerprint density at radius 3 is 2.73 bits per heavy atom. The summed E-state index contributed by atoms with van der Waals surface area (Å²) in [5, 5.41) is 15.7. The van der Waals surface area contributed by atoms with E-state index in [0.717, 1.165) is 12.1 Å². The zero-order valence-corrected chi connectivity index (χ0v) is 7.05. The lowest BCUT2D eigenvalue weighted by molar-refractivity contribution is 0.304. The summed E-state index contributed by atoms with van der Waals surface area (Å²) in [5.74, 6) is 0.531. The van der Waals surface area contributed by atoms with Gasteiger partial charge in [0, 0.05) is 11.1 Å². The fourth-order valence-corrected chi connectivity index (χ4v) is 1.22. The van der Waals surface area contributed by atoms with Crippen molar-refractivity contribution in [3.05, 3.63) is 0 Å². The van der Waals surface area contributed by atoms with Crippen molar-refractivity contribution in [2.45, 2.75) is 27.2 Å². The van der Waals surface area contributed by atoms with Gasteiger partial charge in [-0.25, -0.2) is 0 Å². The third kappa shape index (κ3) is 1.50. The highest BCUT2D eigenvalue weighted by Crippen LogP contribution is 2.24. The van der Waals surface area contributed by atoms with Gasteiger partial charge < -0.3 is 5.21 Å². The first-order chi connectivity index (χ1) is 5.06. The molecule has 4 heteroatoms. The van der Waals surface area contributed by atoms with Gasteiger partial charge in [0.1, 0.15) is 0 Å². The Kier molecular flexibility index (Phi) is 1.85. The summed E-state index contributed by atoms with van der Waals surface area (Å²) in [5.41, 5.74) is 3.60. The van der Waals surface area contributed by atoms with E-state index in [9.17, 15) is 0 Å². The van der Waals surface area contributed by atoms with Gasteiger partial charge >= 0.3 is 0 Å². The first-order valence-electron chi connectivity index (χ1n) is 3.58. The normalized spacial score (nSPS) is 26.1. The molecule has 0 saturated heterocycles. The minimum atomic E-state index is -0.124. The van der Waals surface area contributed by atoms with Crippen LogP contribution in [0.25, 0.3) is 0 Å². The summed E-state index contributed by atoms with van der Waals surface area (Å²) in [6.45, 7) is 5.96.